The van der Waals surface area contributed by atoms with Gasteiger partial charge in [-0.15, -0.1) is 0 Å². The van der Waals surface area contributed by atoms with Crippen LogP contribution in [0.4, 0.5) is 5.69 Å². The first-order valence-electron chi connectivity index (χ1n) is 7.64. The molecule has 2 aliphatic rings. The van der Waals surface area contributed by atoms with Crippen LogP contribution in [0.15, 0.2) is 24.3 Å². The molecule has 1 heterocycles. The van der Waals surface area contributed by atoms with E-state index in [0.29, 0.717) is 29.7 Å². The van der Waals surface area contributed by atoms with Crippen molar-refractivity contribution in [2.75, 3.05) is 18.0 Å². The van der Waals surface area contributed by atoms with Gasteiger partial charge in [0, 0.05) is 25.6 Å². The minimum atomic E-state index is -0.338. The summed E-state index contributed by atoms with van der Waals surface area (Å²) < 4.78 is 0. The molecule has 1 saturated heterocycles. The van der Waals surface area contributed by atoms with Crippen molar-refractivity contribution in [3.8, 4) is 0 Å². The van der Waals surface area contributed by atoms with Crippen molar-refractivity contribution in [3.63, 3.8) is 0 Å². The summed E-state index contributed by atoms with van der Waals surface area (Å²) in [5.41, 5.74) is 6.65. The molecule has 2 atom stereocenters. The molecule has 1 aromatic rings. The van der Waals surface area contributed by atoms with Gasteiger partial charge in [-0.25, -0.2) is 0 Å². The number of rotatable bonds is 5. The van der Waals surface area contributed by atoms with E-state index in [1.165, 1.54) is 0 Å². The third-order valence-electron chi connectivity index (χ3n) is 4.38. The summed E-state index contributed by atoms with van der Waals surface area (Å²) in [6.07, 6.45) is 2.52. The van der Waals surface area contributed by atoms with Gasteiger partial charge < -0.3 is 16.0 Å². The zero-order valence-corrected chi connectivity index (χ0v) is 13.1. The summed E-state index contributed by atoms with van der Waals surface area (Å²) >= 11 is 6.13. The molecule has 1 saturated carbocycles. The topological polar surface area (TPSA) is 75.4 Å². The van der Waals surface area contributed by atoms with Crippen molar-refractivity contribution in [1.82, 2.24) is 5.32 Å². The fraction of sp³-hybridized carbons (Fsp3) is 0.500. The number of anilines is 1. The first-order chi connectivity index (χ1) is 10.6. The number of carbonyl (C=O) groups excluding carboxylic acids is 2. The number of nitrogens with zero attached hydrogens (tertiary/aromatic N) is 1. The number of halogens is 1. The number of para-hydroxylation sites is 1. The average Bonchev–Trinajstić information content (AvgIpc) is 3.28. The summed E-state index contributed by atoms with van der Waals surface area (Å²) in [6.45, 7) is 0.855. The van der Waals surface area contributed by atoms with Gasteiger partial charge in [-0.3, -0.25) is 9.59 Å². The number of hydrogen-bond donors (Lipinski definition) is 2. The molecule has 0 spiro atoms. The Morgan fingerprint density at radius 3 is 2.82 bits per heavy atom. The fourth-order valence-corrected chi connectivity index (χ4v) is 3.08. The van der Waals surface area contributed by atoms with Gasteiger partial charge in [-0.1, -0.05) is 23.7 Å². The first kappa shape index (κ1) is 15.3. The Labute approximate surface area is 134 Å². The fourth-order valence-electron chi connectivity index (χ4n) is 2.84. The molecule has 1 aliphatic carbocycles. The molecule has 3 N–H and O–H groups in total. The number of amides is 2. The Kier molecular flexibility index (Phi) is 4.36. The third-order valence-corrected chi connectivity index (χ3v) is 4.70. The van der Waals surface area contributed by atoms with Crippen LogP contribution in [0.2, 0.25) is 5.02 Å². The molecule has 1 aliphatic heterocycles. The Bertz CT molecular complexity index is 589. The second-order valence-electron chi connectivity index (χ2n) is 6.10. The lowest BCUT2D eigenvalue weighted by molar-refractivity contribution is -0.126. The highest BCUT2D eigenvalue weighted by atomic mass is 35.5. The van der Waals surface area contributed by atoms with Crippen LogP contribution in [0.3, 0.4) is 0 Å². The van der Waals surface area contributed by atoms with Crippen molar-refractivity contribution < 1.29 is 9.59 Å². The van der Waals surface area contributed by atoms with Crippen molar-refractivity contribution in [1.29, 1.82) is 0 Å². The molecule has 0 aromatic heterocycles. The Morgan fingerprint density at radius 2 is 2.14 bits per heavy atom. The summed E-state index contributed by atoms with van der Waals surface area (Å²) in [4.78, 5) is 26.0. The van der Waals surface area contributed by atoms with Crippen LogP contribution in [-0.4, -0.2) is 30.9 Å². The molecule has 6 heteroatoms. The van der Waals surface area contributed by atoms with Gasteiger partial charge in [0.1, 0.15) is 0 Å². The van der Waals surface area contributed by atoms with Crippen molar-refractivity contribution in [3.05, 3.63) is 29.3 Å². The van der Waals surface area contributed by atoms with Gasteiger partial charge in [0.05, 0.1) is 16.6 Å². The zero-order chi connectivity index (χ0) is 15.7. The number of hydrogen-bond acceptors (Lipinski definition) is 3. The molecule has 1 aromatic carbocycles. The maximum Gasteiger partial charge on any atom is 0.227 e. The summed E-state index contributed by atoms with van der Waals surface area (Å²) in [6, 6.07) is 7.21. The lowest BCUT2D eigenvalue weighted by atomic mass is 10.1. The quantitative estimate of drug-likeness (QED) is 0.864. The number of carbonyl (C=O) groups is 2. The van der Waals surface area contributed by atoms with Crippen molar-refractivity contribution >= 4 is 29.1 Å². The van der Waals surface area contributed by atoms with E-state index in [-0.39, 0.29) is 30.2 Å². The van der Waals surface area contributed by atoms with Gasteiger partial charge >= 0.3 is 0 Å². The van der Waals surface area contributed by atoms with Crippen LogP contribution in [0.1, 0.15) is 19.3 Å². The SMILES string of the molecule is NC(CNC(=O)C1CC(=O)N(c2ccccc2Cl)C1)C1CC1. The molecule has 0 radical (unpaired) electrons. The molecule has 2 unspecified atom stereocenters. The highest BCUT2D eigenvalue weighted by molar-refractivity contribution is 6.33. The van der Waals surface area contributed by atoms with E-state index >= 15 is 0 Å². The Morgan fingerprint density at radius 1 is 1.41 bits per heavy atom. The van der Waals surface area contributed by atoms with E-state index in [4.69, 9.17) is 17.3 Å². The average molecular weight is 322 g/mol. The summed E-state index contributed by atoms with van der Waals surface area (Å²) in [7, 11) is 0. The van der Waals surface area contributed by atoms with E-state index in [9.17, 15) is 9.59 Å². The van der Waals surface area contributed by atoms with Gasteiger partial charge in [-0.05, 0) is 30.9 Å². The van der Waals surface area contributed by atoms with Gasteiger partial charge in [0.2, 0.25) is 11.8 Å². The predicted octanol–water partition coefficient (Wildman–Crippen LogP) is 1.55. The Hall–Kier alpha value is -1.59. The van der Waals surface area contributed by atoms with Gasteiger partial charge in [0.15, 0.2) is 0 Å². The predicted molar refractivity (Wildman–Crippen MR) is 85.6 cm³/mol. The smallest absolute Gasteiger partial charge is 0.227 e. The highest BCUT2D eigenvalue weighted by Gasteiger charge is 2.36. The van der Waals surface area contributed by atoms with Crippen molar-refractivity contribution in [2.45, 2.75) is 25.3 Å². The van der Waals surface area contributed by atoms with E-state index < -0.39 is 0 Å². The minimum Gasteiger partial charge on any atom is -0.354 e. The largest absolute Gasteiger partial charge is 0.354 e. The standard InChI is InChI=1S/C16H20ClN3O2/c17-12-3-1-2-4-14(12)20-9-11(7-15(20)21)16(22)19-8-13(18)10-5-6-10/h1-4,10-11,13H,5-9,18H2,(H,19,22). The van der Waals surface area contributed by atoms with E-state index in [1.807, 2.05) is 12.1 Å². The molecule has 22 heavy (non-hydrogen) atoms. The molecule has 118 valence electrons. The van der Waals surface area contributed by atoms with E-state index in [0.717, 1.165) is 12.8 Å². The molecule has 2 amide bonds. The van der Waals surface area contributed by atoms with Crippen LogP contribution in [0.5, 0.6) is 0 Å². The van der Waals surface area contributed by atoms with E-state index in [1.54, 1.807) is 17.0 Å². The number of nitrogens with one attached hydrogen (secondary N) is 1. The minimum absolute atomic E-state index is 0.0284. The zero-order valence-electron chi connectivity index (χ0n) is 12.3. The number of benzene rings is 1. The molecular weight excluding hydrogens is 302 g/mol. The highest BCUT2D eigenvalue weighted by Crippen LogP contribution is 2.32. The molecule has 3 rings (SSSR count). The van der Waals surface area contributed by atoms with Crippen molar-refractivity contribution in [2.24, 2.45) is 17.6 Å². The Balaban J connectivity index is 1.59. The lowest BCUT2D eigenvalue weighted by Crippen LogP contribution is -2.41. The summed E-state index contributed by atoms with van der Waals surface area (Å²) in [5.74, 6) is 0.0408. The first-order valence-corrected chi connectivity index (χ1v) is 8.02. The van der Waals surface area contributed by atoms with Crippen LogP contribution >= 0.6 is 11.6 Å². The molecule has 2 fully saturated rings. The van der Waals surface area contributed by atoms with E-state index in [2.05, 4.69) is 5.32 Å². The monoisotopic (exact) mass is 321 g/mol. The normalized spacial score (nSPS) is 22.7. The van der Waals surface area contributed by atoms with Crippen LogP contribution in [0.25, 0.3) is 0 Å². The molecular formula is C16H20ClN3O2. The molecule has 0 bridgehead atoms. The van der Waals surface area contributed by atoms with Gasteiger partial charge in [0.25, 0.3) is 0 Å². The second-order valence-corrected chi connectivity index (χ2v) is 6.51. The maximum atomic E-state index is 12.2. The molecule has 5 nitrogen and oxygen atoms in total. The van der Waals surface area contributed by atoms with Crippen LogP contribution in [-0.2, 0) is 9.59 Å². The van der Waals surface area contributed by atoms with Crippen LogP contribution < -0.4 is 16.0 Å². The number of nitrogens with two attached hydrogens (primary N) is 1. The van der Waals surface area contributed by atoms with Gasteiger partial charge in [-0.2, -0.15) is 0 Å². The van der Waals surface area contributed by atoms with Crippen LogP contribution in [0, 0.1) is 11.8 Å². The second kappa shape index (κ2) is 6.26. The lowest BCUT2D eigenvalue weighted by Gasteiger charge is -2.18. The summed E-state index contributed by atoms with van der Waals surface area (Å²) in [5, 5.41) is 3.40. The third kappa shape index (κ3) is 3.25. The maximum absolute atomic E-state index is 12.2.